The Balaban J connectivity index is 1.56. The number of carbonyl (C=O) groups excluding carboxylic acids is 1. The first-order chi connectivity index (χ1) is 14.7. The molecule has 0 unspecified atom stereocenters. The number of hydrogen-bond acceptors (Lipinski definition) is 3. The Morgan fingerprint density at radius 3 is 2.41 bits per heavy atom. The fourth-order valence-corrected chi connectivity index (χ4v) is 9.66. The second-order valence-electron chi connectivity index (χ2n) is 13.6. The summed E-state index contributed by atoms with van der Waals surface area (Å²) in [5, 5.41) is 0.265. The van der Waals surface area contributed by atoms with Crippen molar-refractivity contribution < 1.29 is 14.0 Å². The van der Waals surface area contributed by atoms with E-state index < -0.39 is 8.32 Å². The minimum atomic E-state index is -1.74. The van der Waals surface area contributed by atoms with Gasteiger partial charge in [0.1, 0.15) is 5.78 Å². The van der Waals surface area contributed by atoms with Crippen molar-refractivity contribution in [1.82, 2.24) is 0 Å². The van der Waals surface area contributed by atoms with Crippen molar-refractivity contribution in [2.75, 3.05) is 7.11 Å². The Kier molecular flexibility index (Phi) is 6.21. The molecule has 0 amide bonds. The van der Waals surface area contributed by atoms with Crippen LogP contribution in [0.15, 0.2) is 11.6 Å². The summed E-state index contributed by atoms with van der Waals surface area (Å²) in [6, 6.07) is 0. The average Bonchev–Trinajstić information content (AvgIpc) is 2.99. The van der Waals surface area contributed by atoms with Gasteiger partial charge >= 0.3 is 0 Å². The fraction of sp³-hybridized carbons (Fsp3) is 0.893. The number of ketones is 1. The van der Waals surface area contributed by atoms with Crippen LogP contribution in [-0.4, -0.2) is 33.4 Å². The van der Waals surface area contributed by atoms with Crippen LogP contribution in [-0.2, 0) is 14.0 Å². The van der Waals surface area contributed by atoms with E-state index in [1.54, 1.807) is 12.5 Å². The van der Waals surface area contributed by atoms with Crippen molar-refractivity contribution in [3.8, 4) is 0 Å². The van der Waals surface area contributed by atoms with Crippen LogP contribution in [0.5, 0.6) is 0 Å². The van der Waals surface area contributed by atoms with Gasteiger partial charge in [-0.1, -0.05) is 46.3 Å². The topological polar surface area (TPSA) is 35.5 Å². The molecule has 0 saturated heterocycles. The van der Waals surface area contributed by atoms with Crippen LogP contribution in [0.2, 0.25) is 18.1 Å². The Hall–Kier alpha value is -0.453. The van der Waals surface area contributed by atoms with Gasteiger partial charge in [-0.05, 0) is 98.6 Å². The van der Waals surface area contributed by atoms with Crippen LogP contribution >= 0.6 is 0 Å². The lowest BCUT2D eigenvalue weighted by molar-refractivity contribution is -0.131. The lowest BCUT2D eigenvalue weighted by Crippen LogP contribution is -2.52. The number of rotatable bonds is 4. The summed E-state index contributed by atoms with van der Waals surface area (Å²) in [4.78, 5) is 12.6. The second kappa shape index (κ2) is 8.05. The number of ether oxygens (including phenoxy) is 1. The maximum atomic E-state index is 12.6. The van der Waals surface area contributed by atoms with Crippen LogP contribution in [0.3, 0.4) is 0 Å². The van der Waals surface area contributed by atoms with Gasteiger partial charge in [-0.3, -0.25) is 4.79 Å². The van der Waals surface area contributed by atoms with Crippen LogP contribution in [0.1, 0.15) is 86.5 Å². The van der Waals surface area contributed by atoms with E-state index in [2.05, 4.69) is 53.8 Å². The smallest absolute Gasteiger partial charge is 0.192 e. The molecular formula is C28H48O3Si. The number of fused-ring (bicyclic) bond motifs is 5. The third-order valence-corrected chi connectivity index (χ3v) is 15.6. The number of Topliss-reactive ketones (excluding diaryl/α,β-unsaturated/α-hetero) is 1. The van der Waals surface area contributed by atoms with Crippen molar-refractivity contribution in [2.24, 2.45) is 34.5 Å². The van der Waals surface area contributed by atoms with Crippen LogP contribution in [0.25, 0.3) is 0 Å². The van der Waals surface area contributed by atoms with E-state index in [4.69, 9.17) is 9.16 Å². The third-order valence-electron chi connectivity index (χ3n) is 11.1. The highest BCUT2D eigenvalue weighted by Crippen LogP contribution is 2.66. The zero-order valence-electron chi connectivity index (χ0n) is 22.2. The van der Waals surface area contributed by atoms with Gasteiger partial charge in [0.25, 0.3) is 0 Å². The van der Waals surface area contributed by atoms with E-state index in [0.717, 1.165) is 18.8 Å². The molecule has 0 spiro atoms. The summed E-state index contributed by atoms with van der Waals surface area (Å²) in [5.74, 6) is 2.46. The van der Waals surface area contributed by atoms with Gasteiger partial charge in [0.15, 0.2) is 8.32 Å². The van der Waals surface area contributed by atoms with E-state index in [1.165, 1.54) is 32.1 Å². The summed E-state index contributed by atoms with van der Waals surface area (Å²) >= 11 is 0. The lowest BCUT2D eigenvalue weighted by atomic mass is 9.47. The Morgan fingerprint density at radius 2 is 1.81 bits per heavy atom. The number of hydrogen-bond donors (Lipinski definition) is 0. The minimum absolute atomic E-state index is 0.0744. The molecule has 0 aromatic carbocycles. The molecule has 3 saturated carbocycles. The molecule has 32 heavy (non-hydrogen) atoms. The average molecular weight is 461 g/mol. The summed E-state index contributed by atoms with van der Waals surface area (Å²) < 4.78 is 12.8. The van der Waals surface area contributed by atoms with Gasteiger partial charge in [-0.15, -0.1) is 0 Å². The number of allylic oxidation sites excluding steroid dienone is 1. The first kappa shape index (κ1) is 24.7. The standard InChI is InChI=1S/C28H48O3Si/c1-18(29)25-24(30-7)17-23-21-11-10-19-16-20(31-32(8,9)26(2,3)4)12-14-27(19,5)22(21)13-15-28(23,25)6/h10,20-25H,11-17H2,1-9H3/t20-,21-,22-,23-,24-,25-,27+,28-/m1/s1. The molecule has 0 N–H and O–H groups in total. The highest BCUT2D eigenvalue weighted by Gasteiger charge is 2.62. The van der Waals surface area contributed by atoms with Crippen molar-refractivity contribution in [2.45, 2.75) is 117 Å². The summed E-state index contributed by atoms with van der Waals surface area (Å²) in [7, 11) is 0.0694. The fourth-order valence-electron chi connectivity index (χ4n) is 8.27. The molecular weight excluding hydrogens is 412 g/mol. The van der Waals surface area contributed by atoms with Gasteiger partial charge in [0.05, 0.1) is 6.10 Å². The Morgan fingerprint density at radius 1 is 1.12 bits per heavy atom. The van der Waals surface area contributed by atoms with Crippen LogP contribution < -0.4 is 0 Å². The molecule has 4 rings (SSSR count). The molecule has 4 aliphatic rings. The molecule has 3 nitrogen and oxygen atoms in total. The zero-order valence-corrected chi connectivity index (χ0v) is 23.2. The summed E-state index contributed by atoms with van der Waals surface area (Å²) in [6.07, 6.45) is 11.4. The molecule has 0 radical (unpaired) electrons. The molecule has 0 aliphatic heterocycles. The lowest BCUT2D eigenvalue weighted by Gasteiger charge is -2.58. The van der Waals surface area contributed by atoms with Gasteiger partial charge in [0.2, 0.25) is 0 Å². The van der Waals surface area contributed by atoms with Crippen LogP contribution in [0, 0.1) is 34.5 Å². The van der Waals surface area contributed by atoms with Gasteiger partial charge in [-0.2, -0.15) is 0 Å². The van der Waals surface area contributed by atoms with E-state index in [1.807, 2.05) is 7.11 Å². The molecule has 182 valence electrons. The maximum Gasteiger partial charge on any atom is 0.192 e. The molecule has 0 aromatic rings. The van der Waals surface area contributed by atoms with E-state index >= 15 is 0 Å². The Labute approximate surface area is 198 Å². The number of methoxy groups -OCH3 is 1. The molecule has 0 bridgehead atoms. The highest BCUT2D eigenvalue weighted by molar-refractivity contribution is 6.74. The second-order valence-corrected chi connectivity index (χ2v) is 18.4. The number of carbonyl (C=O) groups is 1. The first-order valence-corrected chi connectivity index (χ1v) is 16.1. The van der Waals surface area contributed by atoms with Crippen molar-refractivity contribution >= 4 is 14.1 Å². The third kappa shape index (κ3) is 3.71. The van der Waals surface area contributed by atoms with Crippen LogP contribution in [0.4, 0.5) is 0 Å². The van der Waals surface area contributed by atoms with Gasteiger partial charge in [0, 0.05) is 19.1 Å². The highest BCUT2D eigenvalue weighted by atomic mass is 28.4. The largest absolute Gasteiger partial charge is 0.414 e. The van der Waals surface area contributed by atoms with E-state index in [9.17, 15) is 4.79 Å². The summed E-state index contributed by atoms with van der Waals surface area (Å²) in [5.41, 5.74) is 2.11. The Bertz CT molecular complexity index is 780. The molecule has 3 fully saturated rings. The molecule has 0 aromatic heterocycles. The first-order valence-electron chi connectivity index (χ1n) is 13.1. The zero-order chi connectivity index (χ0) is 23.7. The SMILES string of the molecule is CO[C@@H]1C[C@@H]2[C@@H]3CC=C4C[C@H](O[Si](C)(C)C(C)(C)C)CC[C@]4(C)[C@@H]3CC[C@@]2(C)[C@@H]1C(C)=O. The van der Waals surface area contributed by atoms with E-state index in [0.29, 0.717) is 29.1 Å². The predicted molar refractivity (Wildman–Crippen MR) is 134 cm³/mol. The molecule has 8 atom stereocenters. The maximum absolute atomic E-state index is 12.6. The molecule has 4 aliphatic carbocycles. The molecule has 0 heterocycles. The van der Waals surface area contributed by atoms with Crippen molar-refractivity contribution in [1.29, 1.82) is 0 Å². The molecule has 4 heteroatoms. The summed E-state index contributed by atoms with van der Waals surface area (Å²) in [6.45, 7) is 18.6. The normalized spacial score (nSPS) is 44.3. The monoisotopic (exact) mass is 460 g/mol. The van der Waals surface area contributed by atoms with E-state index in [-0.39, 0.29) is 22.5 Å². The van der Waals surface area contributed by atoms with Gasteiger partial charge in [-0.25, -0.2) is 0 Å². The quantitative estimate of drug-likeness (QED) is 0.329. The predicted octanol–water partition coefficient (Wildman–Crippen LogP) is 7.17. The van der Waals surface area contributed by atoms with Crippen molar-refractivity contribution in [3.63, 3.8) is 0 Å². The van der Waals surface area contributed by atoms with Crippen molar-refractivity contribution in [3.05, 3.63) is 11.6 Å². The minimum Gasteiger partial charge on any atom is -0.414 e. The van der Waals surface area contributed by atoms with Gasteiger partial charge < -0.3 is 9.16 Å².